The van der Waals surface area contributed by atoms with Crippen LogP contribution in [0.2, 0.25) is 0 Å². The Morgan fingerprint density at radius 3 is 2.57 bits per heavy atom. The van der Waals surface area contributed by atoms with Gasteiger partial charge in [0, 0.05) is 22.9 Å². The van der Waals surface area contributed by atoms with Crippen LogP contribution in [0.1, 0.15) is 15.9 Å². The third-order valence-corrected chi connectivity index (χ3v) is 3.71. The topological polar surface area (TPSA) is 67.4 Å². The molecule has 0 spiro atoms. The van der Waals surface area contributed by atoms with Crippen molar-refractivity contribution in [2.24, 2.45) is 0 Å². The summed E-state index contributed by atoms with van der Waals surface area (Å²) in [5.74, 6) is -0.927. The van der Waals surface area contributed by atoms with Crippen molar-refractivity contribution in [2.75, 3.05) is 24.3 Å². The summed E-state index contributed by atoms with van der Waals surface area (Å²) < 4.78 is 6.00. The number of hydrogen-bond donors (Lipinski definition) is 2. The molecule has 0 unspecified atom stereocenters. The Balaban J connectivity index is 1.95. The minimum absolute atomic E-state index is 0.341. The van der Waals surface area contributed by atoms with Gasteiger partial charge in [-0.25, -0.2) is 4.79 Å². The lowest BCUT2D eigenvalue weighted by Gasteiger charge is -2.11. The second kappa shape index (κ2) is 7.78. The standard InChI is InChI=1S/C17H17BrN2O3/c1-11-9-12(18)7-8-14(11)20-16(21)10-23-17(22)13-5-3-4-6-15(13)19-2/h3-9,19H,10H2,1-2H3,(H,20,21). The van der Waals surface area contributed by atoms with Crippen LogP contribution in [0.4, 0.5) is 11.4 Å². The number of carbonyl (C=O) groups excluding carboxylic acids is 2. The van der Waals surface area contributed by atoms with Gasteiger partial charge < -0.3 is 15.4 Å². The maximum atomic E-state index is 12.0. The van der Waals surface area contributed by atoms with Gasteiger partial charge in [-0.05, 0) is 42.8 Å². The maximum Gasteiger partial charge on any atom is 0.340 e. The molecule has 120 valence electrons. The first-order valence-electron chi connectivity index (χ1n) is 7.01. The zero-order valence-electron chi connectivity index (χ0n) is 12.9. The van der Waals surface area contributed by atoms with E-state index in [0.717, 1.165) is 10.0 Å². The van der Waals surface area contributed by atoms with Crippen LogP contribution in [0.15, 0.2) is 46.9 Å². The van der Waals surface area contributed by atoms with E-state index in [9.17, 15) is 9.59 Å². The summed E-state index contributed by atoms with van der Waals surface area (Å²) in [5.41, 5.74) is 2.65. The molecule has 0 aliphatic carbocycles. The summed E-state index contributed by atoms with van der Waals surface area (Å²) in [6, 6.07) is 12.5. The molecule has 0 saturated heterocycles. The molecule has 0 fully saturated rings. The van der Waals surface area contributed by atoms with Crippen molar-refractivity contribution in [3.63, 3.8) is 0 Å². The van der Waals surface area contributed by atoms with Crippen molar-refractivity contribution in [2.45, 2.75) is 6.92 Å². The Bertz CT molecular complexity index is 732. The van der Waals surface area contributed by atoms with Crippen molar-refractivity contribution in [3.8, 4) is 0 Å². The SMILES string of the molecule is CNc1ccccc1C(=O)OCC(=O)Nc1ccc(Br)cc1C. The lowest BCUT2D eigenvalue weighted by molar-refractivity contribution is -0.119. The number of para-hydroxylation sites is 1. The van der Waals surface area contributed by atoms with E-state index < -0.39 is 5.97 Å². The molecule has 2 aromatic carbocycles. The highest BCUT2D eigenvalue weighted by Crippen LogP contribution is 2.20. The third kappa shape index (κ3) is 4.56. The van der Waals surface area contributed by atoms with Gasteiger partial charge in [-0.2, -0.15) is 0 Å². The summed E-state index contributed by atoms with van der Waals surface area (Å²) in [5, 5.41) is 5.63. The normalized spacial score (nSPS) is 10.0. The monoisotopic (exact) mass is 376 g/mol. The molecule has 2 N–H and O–H groups in total. The molecule has 0 aliphatic heterocycles. The van der Waals surface area contributed by atoms with E-state index in [1.54, 1.807) is 31.3 Å². The minimum atomic E-state index is -0.544. The number of halogens is 1. The van der Waals surface area contributed by atoms with Crippen LogP contribution in [0.5, 0.6) is 0 Å². The Morgan fingerprint density at radius 1 is 1.13 bits per heavy atom. The van der Waals surface area contributed by atoms with Gasteiger partial charge >= 0.3 is 5.97 Å². The Hall–Kier alpha value is -2.34. The zero-order valence-corrected chi connectivity index (χ0v) is 14.4. The third-order valence-electron chi connectivity index (χ3n) is 3.21. The molecule has 0 atom stereocenters. The maximum absolute atomic E-state index is 12.0. The molecule has 0 aromatic heterocycles. The number of aryl methyl sites for hydroxylation is 1. The number of amides is 1. The van der Waals surface area contributed by atoms with Crippen LogP contribution in [0.25, 0.3) is 0 Å². The van der Waals surface area contributed by atoms with E-state index >= 15 is 0 Å². The summed E-state index contributed by atoms with van der Waals surface area (Å²) in [6.07, 6.45) is 0. The van der Waals surface area contributed by atoms with Gasteiger partial charge in [0.1, 0.15) is 0 Å². The predicted molar refractivity (Wildman–Crippen MR) is 93.8 cm³/mol. The highest BCUT2D eigenvalue weighted by Gasteiger charge is 2.14. The van der Waals surface area contributed by atoms with Gasteiger partial charge in [0.15, 0.2) is 6.61 Å². The number of benzene rings is 2. The average molecular weight is 377 g/mol. The molecule has 0 aliphatic rings. The molecule has 6 heteroatoms. The molecule has 2 rings (SSSR count). The second-order valence-corrected chi connectivity index (χ2v) is 5.79. The van der Waals surface area contributed by atoms with Crippen molar-refractivity contribution in [1.82, 2.24) is 0 Å². The minimum Gasteiger partial charge on any atom is -0.452 e. The fraction of sp³-hybridized carbons (Fsp3) is 0.176. The number of ether oxygens (including phenoxy) is 1. The molecular formula is C17H17BrN2O3. The van der Waals surface area contributed by atoms with Crippen LogP contribution in [0.3, 0.4) is 0 Å². The predicted octanol–water partition coefficient (Wildman–Crippen LogP) is 3.59. The Labute approximate surface area is 143 Å². The average Bonchev–Trinajstić information content (AvgIpc) is 2.55. The molecule has 2 aromatic rings. The zero-order chi connectivity index (χ0) is 16.8. The Kier molecular flexibility index (Phi) is 5.76. The summed E-state index contributed by atoms with van der Waals surface area (Å²) in [6.45, 7) is 1.54. The first-order chi connectivity index (χ1) is 11.0. The van der Waals surface area contributed by atoms with Crippen molar-refractivity contribution < 1.29 is 14.3 Å². The fourth-order valence-corrected chi connectivity index (χ4v) is 2.52. The number of anilines is 2. The van der Waals surface area contributed by atoms with E-state index in [2.05, 4.69) is 26.6 Å². The van der Waals surface area contributed by atoms with Crippen LogP contribution in [-0.2, 0) is 9.53 Å². The number of esters is 1. The van der Waals surface area contributed by atoms with Crippen molar-refractivity contribution in [1.29, 1.82) is 0 Å². The highest BCUT2D eigenvalue weighted by molar-refractivity contribution is 9.10. The quantitative estimate of drug-likeness (QED) is 0.782. The molecule has 5 nitrogen and oxygen atoms in total. The van der Waals surface area contributed by atoms with Crippen LogP contribution < -0.4 is 10.6 Å². The highest BCUT2D eigenvalue weighted by atomic mass is 79.9. The van der Waals surface area contributed by atoms with E-state index in [1.165, 1.54) is 0 Å². The first kappa shape index (κ1) is 17.0. The summed E-state index contributed by atoms with van der Waals surface area (Å²) in [4.78, 5) is 24.0. The molecule has 0 heterocycles. The molecule has 23 heavy (non-hydrogen) atoms. The van der Waals surface area contributed by atoms with Gasteiger partial charge in [-0.3, -0.25) is 4.79 Å². The first-order valence-corrected chi connectivity index (χ1v) is 7.80. The molecular weight excluding hydrogens is 360 g/mol. The second-order valence-electron chi connectivity index (χ2n) is 4.88. The van der Waals surface area contributed by atoms with Crippen LogP contribution >= 0.6 is 15.9 Å². The van der Waals surface area contributed by atoms with E-state index in [0.29, 0.717) is 16.9 Å². The largest absolute Gasteiger partial charge is 0.452 e. The molecule has 0 saturated carbocycles. The van der Waals surface area contributed by atoms with Crippen LogP contribution in [-0.4, -0.2) is 25.5 Å². The number of nitrogens with one attached hydrogen (secondary N) is 2. The molecule has 0 bridgehead atoms. The van der Waals surface area contributed by atoms with Gasteiger partial charge in [0.2, 0.25) is 0 Å². The summed E-state index contributed by atoms with van der Waals surface area (Å²) >= 11 is 3.36. The lowest BCUT2D eigenvalue weighted by Crippen LogP contribution is -2.21. The van der Waals surface area contributed by atoms with E-state index in [4.69, 9.17) is 4.74 Å². The number of carbonyl (C=O) groups is 2. The molecule has 0 radical (unpaired) electrons. The lowest BCUT2D eigenvalue weighted by atomic mass is 10.2. The van der Waals surface area contributed by atoms with E-state index in [1.807, 2.05) is 25.1 Å². The molecule has 1 amide bonds. The fourth-order valence-electron chi connectivity index (χ4n) is 2.04. The van der Waals surface area contributed by atoms with Gasteiger partial charge in [0.05, 0.1) is 5.56 Å². The van der Waals surface area contributed by atoms with Crippen molar-refractivity contribution >= 4 is 39.2 Å². The van der Waals surface area contributed by atoms with Gasteiger partial charge in [0.25, 0.3) is 5.91 Å². The Morgan fingerprint density at radius 2 is 1.87 bits per heavy atom. The van der Waals surface area contributed by atoms with Crippen molar-refractivity contribution in [3.05, 3.63) is 58.1 Å². The van der Waals surface area contributed by atoms with E-state index in [-0.39, 0.29) is 12.5 Å². The van der Waals surface area contributed by atoms with Gasteiger partial charge in [-0.1, -0.05) is 28.1 Å². The summed E-state index contributed by atoms with van der Waals surface area (Å²) in [7, 11) is 1.72. The smallest absolute Gasteiger partial charge is 0.340 e. The van der Waals surface area contributed by atoms with Gasteiger partial charge in [-0.15, -0.1) is 0 Å². The number of rotatable bonds is 5. The number of hydrogen-bond acceptors (Lipinski definition) is 4. The van der Waals surface area contributed by atoms with Crippen LogP contribution in [0, 0.1) is 6.92 Å².